The summed E-state index contributed by atoms with van der Waals surface area (Å²) in [4.78, 5) is 11.4. The van der Waals surface area contributed by atoms with Crippen LogP contribution in [-0.2, 0) is 23.9 Å². The number of unbranched alkanes of at least 4 members (excludes halogenated alkanes) is 1. The first kappa shape index (κ1) is 18.5. The molecule has 5 heteroatoms. The van der Waals surface area contributed by atoms with Crippen LogP contribution in [0.25, 0.3) is 0 Å². The van der Waals surface area contributed by atoms with Crippen LogP contribution in [0.15, 0.2) is 40.8 Å². The van der Waals surface area contributed by atoms with Gasteiger partial charge in [0.25, 0.3) is 0 Å². The highest BCUT2D eigenvalue weighted by atomic mass is 32.2. The molecule has 0 spiro atoms. The standard InChI is InChI=1S/C17H23O4S/c1-3-4-9-15(10-8-13-17(18)21-2)14-22(19,20)16-11-6-5-7-12-16/h5-7,11-12H,3-4,8-10,13H2,1-2H3. The van der Waals surface area contributed by atoms with Gasteiger partial charge in [-0.25, -0.2) is 4.21 Å². The molecule has 0 N–H and O–H groups in total. The van der Waals surface area contributed by atoms with Crippen molar-refractivity contribution >= 4 is 20.8 Å². The number of methoxy groups -OCH3 is 1. The number of ether oxygens (including phenoxy) is 1. The fourth-order valence-electron chi connectivity index (χ4n) is 2.01. The molecule has 0 saturated heterocycles. The van der Waals surface area contributed by atoms with Crippen molar-refractivity contribution in [2.24, 2.45) is 0 Å². The topological polar surface area (TPSA) is 63.3 Å². The average Bonchev–Trinajstić information content (AvgIpc) is 2.52. The van der Waals surface area contributed by atoms with Crippen LogP contribution < -0.4 is 0 Å². The molecule has 121 valence electrons. The van der Waals surface area contributed by atoms with Gasteiger partial charge in [-0.1, -0.05) is 31.5 Å². The lowest BCUT2D eigenvalue weighted by Crippen LogP contribution is -2.02. The molecule has 1 unspecified atom stereocenters. The third kappa shape index (κ3) is 6.48. The average molecular weight is 323 g/mol. The molecule has 22 heavy (non-hydrogen) atoms. The van der Waals surface area contributed by atoms with Crippen molar-refractivity contribution in [1.29, 1.82) is 0 Å². The lowest BCUT2D eigenvalue weighted by molar-refractivity contribution is -0.140. The highest BCUT2D eigenvalue weighted by molar-refractivity contribution is 7.95. The van der Waals surface area contributed by atoms with E-state index in [9.17, 15) is 13.6 Å². The van der Waals surface area contributed by atoms with E-state index in [0.29, 0.717) is 25.7 Å². The van der Waals surface area contributed by atoms with Gasteiger partial charge in [-0.2, -0.15) is 0 Å². The smallest absolute Gasteiger partial charge is 0.305 e. The van der Waals surface area contributed by atoms with Crippen LogP contribution in [0, 0.1) is 0 Å². The minimum absolute atomic E-state index is 0.247. The molecule has 0 aliphatic carbocycles. The molecule has 0 aliphatic heterocycles. The molecule has 0 saturated carbocycles. The summed E-state index contributed by atoms with van der Waals surface area (Å²) in [6.45, 7) is 2.05. The van der Waals surface area contributed by atoms with Gasteiger partial charge in [0.05, 0.1) is 12.0 Å². The molecule has 1 atom stereocenters. The summed E-state index contributed by atoms with van der Waals surface area (Å²) in [6.07, 6.45) is 3.98. The van der Waals surface area contributed by atoms with Gasteiger partial charge < -0.3 is 4.74 Å². The molecule has 0 aliphatic rings. The third-order valence-electron chi connectivity index (χ3n) is 3.25. The van der Waals surface area contributed by atoms with Crippen molar-refractivity contribution < 1.29 is 18.3 Å². The number of hydrogen-bond donors (Lipinski definition) is 0. The van der Waals surface area contributed by atoms with E-state index >= 15 is 0 Å². The Morgan fingerprint density at radius 1 is 1.14 bits per heavy atom. The summed E-state index contributed by atoms with van der Waals surface area (Å²) < 4.78 is 29.3. The number of carbonyl (C=O) groups is 1. The van der Waals surface area contributed by atoms with Gasteiger partial charge in [-0.15, -0.1) is 4.55 Å². The fourth-order valence-corrected chi connectivity index (χ4v) is 3.23. The first-order valence-electron chi connectivity index (χ1n) is 7.49. The van der Waals surface area contributed by atoms with Crippen molar-refractivity contribution in [2.45, 2.75) is 50.3 Å². The normalized spacial score (nSPS) is 13.0. The number of esters is 1. The summed E-state index contributed by atoms with van der Waals surface area (Å²) in [5.41, 5.74) is 0.745. The molecule has 0 fully saturated rings. The summed E-state index contributed by atoms with van der Waals surface area (Å²) in [7, 11) is -2.20. The van der Waals surface area contributed by atoms with E-state index in [-0.39, 0.29) is 10.9 Å². The van der Waals surface area contributed by atoms with Crippen LogP contribution in [0.4, 0.5) is 0 Å². The van der Waals surface area contributed by atoms with E-state index in [1.807, 2.05) is 0 Å². The van der Waals surface area contributed by atoms with Gasteiger partial charge in [0.2, 0.25) is 0 Å². The van der Waals surface area contributed by atoms with E-state index in [0.717, 1.165) is 18.4 Å². The number of benzene rings is 1. The summed E-state index contributed by atoms with van der Waals surface area (Å²) in [5, 5.41) is 2.67. The third-order valence-corrected chi connectivity index (χ3v) is 4.70. The Kier molecular flexibility index (Phi) is 7.96. The maximum atomic E-state index is 12.3. The predicted octanol–water partition coefficient (Wildman–Crippen LogP) is 3.54. The second-order valence-electron chi connectivity index (χ2n) is 5.06. The van der Waals surface area contributed by atoms with Crippen molar-refractivity contribution in [3.05, 3.63) is 35.9 Å². The first-order chi connectivity index (χ1) is 10.5. The van der Waals surface area contributed by atoms with E-state index in [1.54, 1.807) is 30.3 Å². The molecule has 0 heterocycles. The Balaban J connectivity index is 3.00. The molecule has 1 aromatic rings. The van der Waals surface area contributed by atoms with Gasteiger partial charge in [0.15, 0.2) is 9.80 Å². The van der Waals surface area contributed by atoms with Crippen LogP contribution in [-0.4, -0.2) is 22.3 Å². The monoisotopic (exact) mass is 323 g/mol. The van der Waals surface area contributed by atoms with Crippen LogP contribution in [0.1, 0.15) is 45.4 Å². The number of carbonyl (C=O) groups excluding carboxylic acids is 1. The maximum absolute atomic E-state index is 12.3. The fraction of sp³-hybridized carbons (Fsp3) is 0.471. The quantitative estimate of drug-likeness (QED) is 0.543. The summed E-state index contributed by atoms with van der Waals surface area (Å²) in [5.74, 6) is -0.277. The Bertz CT molecular complexity index is 621. The van der Waals surface area contributed by atoms with Crippen molar-refractivity contribution in [3.8, 4) is 0 Å². The highest BCUT2D eigenvalue weighted by Crippen LogP contribution is 2.15. The number of hydrogen-bond acceptors (Lipinski definition) is 3. The minimum atomic E-state index is -3.55. The Morgan fingerprint density at radius 2 is 1.77 bits per heavy atom. The Morgan fingerprint density at radius 3 is 2.36 bits per heavy atom. The van der Waals surface area contributed by atoms with E-state index in [1.165, 1.54) is 7.11 Å². The molecule has 0 aromatic heterocycles. The molecule has 4 nitrogen and oxygen atoms in total. The summed E-state index contributed by atoms with van der Waals surface area (Å²) >= 11 is 0. The van der Waals surface area contributed by atoms with Crippen LogP contribution in [0.3, 0.4) is 0 Å². The second kappa shape index (κ2) is 9.46. The lowest BCUT2D eigenvalue weighted by Gasteiger charge is -2.05. The van der Waals surface area contributed by atoms with E-state index in [2.05, 4.69) is 16.7 Å². The highest BCUT2D eigenvalue weighted by Gasteiger charge is 2.09. The molecular weight excluding hydrogens is 300 g/mol. The maximum Gasteiger partial charge on any atom is 0.305 e. The van der Waals surface area contributed by atoms with Gasteiger partial charge in [0.1, 0.15) is 0 Å². The molecule has 1 aromatic carbocycles. The van der Waals surface area contributed by atoms with Crippen LogP contribution in [0.5, 0.6) is 0 Å². The van der Waals surface area contributed by atoms with Crippen molar-refractivity contribution in [3.63, 3.8) is 0 Å². The number of rotatable bonds is 8. The largest absolute Gasteiger partial charge is 0.469 e. The zero-order chi connectivity index (χ0) is 16.4. The SMILES string of the molecule is CCCCC(=C=S([O])(=O)c1ccccc1)CCCC(=O)OC. The molecule has 0 amide bonds. The van der Waals surface area contributed by atoms with Crippen molar-refractivity contribution in [1.82, 2.24) is 0 Å². The van der Waals surface area contributed by atoms with Crippen LogP contribution >= 0.6 is 0 Å². The Labute approximate surface area is 133 Å². The minimum Gasteiger partial charge on any atom is -0.469 e. The molecule has 1 rings (SSSR count). The van der Waals surface area contributed by atoms with Gasteiger partial charge in [-0.3, -0.25) is 4.79 Å². The van der Waals surface area contributed by atoms with Crippen LogP contribution in [0.2, 0.25) is 0 Å². The zero-order valence-electron chi connectivity index (χ0n) is 13.2. The lowest BCUT2D eigenvalue weighted by atomic mass is 10.0. The predicted molar refractivity (Wildman–Crippen MR) is 87.4 cm³/mol. The Hall–Kier alpha value is -1.55. The van der Waals surface area contributed by atoms with Gasteiger partial charge in [0, 0.05) is 6.42 Å². The molecule has 1 radical (unpaired) electrons. The van der Waals surface area contributed by atoms with Gasteiger partial charge >= 0.3 is 5.97 Å². The van der Waals surface area contributed by atoms with E-state index in [4.69, 9.17) is 0 Å². The molecule has 0 bridgehead atoms. The first-order valence-corrected chi connectivity index (χ1v) is 8.97. The van der Waals surface area contributed by atoms with Crippen molar-refractivity contribution in [2.75, 3.05) is 7.11 Å². The van der Waals surface area contributed by atoms with E-state index < -0.39 is 9.80 Å². The second-order valence-corrected chi connectivity index (χ2v) is 6.74. The number of allylic oxidation sites excluding steroid dienone is 1. The summed E-state index contributed by atoms with van der Waals surface area (Å²) in [6, 6.07) is 8.29. The zero-order valence-corrected chi connectivity index (χ0v) is 14.0. The molecular formula is C17H23O4S. The van der Waals surface area contributed by atoms with Gasteiger partial charge in [-0.05, 0) is 48.4 Å².